The zero-order valence-corrected chi connectivity index (χ0v) is 13.6. The molecule has 25 heavy (non-hydrogen) atoms. The Morgan fingerprint density at radius 3 is 2.32 bits per heavy atom. The molecule has 0 saturated carbocycles. The highest BCUT2D eigenvalue weighted by atomic mass is 16.4. The maximum Gasteiger partial charge on any atom is 0.330 e. The quantitative estimate of drug-likeness (QED) is 0.705. The van der Waals surface area contributed by atoms with Crippen LogP contribution in [-0.4, -0.2) is 17.0 Å². The van der Waals surface area contributed by atoms with Gasteiger partial charge in [0.05, 0.1) is 11.6 Å². The molecule has 126 valence electrons. The number of carbonyl (C=O) groups is 2. The van der Waals surface area contributed by atoms with Gasteiger partial charge in [0.15, 0.2) is 0 Å². The highest BCUT2D eigenvalue weighted by Crippen LogP contribution is 2.14. The monoisotopic (exact) mass is 335 g/mol. The van der Waals surface area contributed by atoms with Crippen molar-refractivity contribution in [1.82, 2.24) is 5.32 Å². The second kappa shape index (κ2) is 8.31. The van der Waals surface area contributed by atoms with Gasteiger partial charge in [-0.15, -0.1) is 0 Å². The molecule has 3 N–H and O–H groups in total. The van der Waals surface area contributed by atoms with Crippen molar-refractivity contribution in [2.75, 3.05) is 5.32 Å². The molecule has 2 aromatic carbocycles. The number of nitrogens with zero attached hydrogens (tertiary/aromatic N) is 1. The van der Waals surface area contributed by atoms with E-state index in [1.54, 1.807) is 61.5 Å². The third-order valence-electron chi connectivity index (χ3n) is 3.38. The molecular weight excluding hydrogens is 318 g/mol. The van der Waals surface area contributed by atoms with E-state index < -0.39 is 17.9 Å². The number of rotatable bonds is 6. The van der Waals surface area contributed by atoms with Gasteiger partial charge in [0.1, 0.15) is 6.04 Å². The number of amides is 1. The fourth-order valence-corrected chi connectivity index (χ4v) is 2.21. The molecule has 6 heteroatoms. The lowest BCUT2D eigenvalue weighted by atomic mass is 10.1. The number of hydrogen-bond acceptors (Lipinski definition) is 4. The van der Waals surface area contributed by atoms with Gasteiger partial charge >= 0.3 is 5.97 Å². The van der Waals surface area contributed by atoms with Crippen molar-refractivity contribution >= 4 is 17.6 Å². The lowest BCUT2D eigenvalue weighted by Gasteiger charge is -2.16. The second-order valence-electron chi connectivity index (χ2n) is 5.33. The highest BCUT2D eigenvalue weighted by Gasteiger charge is 2.19. The number of carboxylic acids is 1. The van der Waals surface area contributed by atoms with Crippen LogP contribution in [-0.2, 0) is 9.59 Å². The van der Waals surface area contributed by atoms with Gasteiger partial charge in [-0.2, -0.15) is 5.26 Å². The number of carboxylic acid groups (broad SMARTS) is 1. The van der Waals surface area contributed by atoms with Crippen LogP contribution < -0.4 is 10.6 Å². The van der Waals surface area contributed by atoms with E-state index in [0.29, 0.717) is 22.5 Å². The second-order valence-corrected chi connectivity index (χ2v) is 5.33. The highest BCUT2D eigenvalue weighted by molar-refractivity contribution is 5.99. The fraction of sp³-hybridized carbons (Fsp3) is 0.105. The van der Waals surface area contributed by atoms with Gasteiger partial charge in [-0.05, 0) is 36.8 Å². The van der Waals surface area contributed by atoms with E-state index in [9.17, 15) is 14.7 Å². The zero-order valence-electron chi connectivity index (χ0n) is 13.6. The molecule has 0 radical (unpaired) electrons. The van der Waals surface area contributed by atoms with Crippen molar-refractivity contribution in [3.8, 4) is 6.07 Å². The Balaban J connectivity index is 2.04. The first kappa shape index (κ1) is 17.8. The summed E-state index contributed by atoms with van der Waals surface area (Å²) in [5.74, 6) is -1.43. The third kappa shape index (κ3) is 5.22. The Labute approximate surface area is 145 Å². The van der Waals surface area contributed by atoms with Crippen LogP contribution >= 0.6 is 0 Å². The first-order valence-corrected chi connectivity index (χ1v) is 7.53. The molecule has 0 bridgehead atoms. The van der Waals surface area contributed by atoms with E-state index >= 15 is 0 Å². The third-order valence-corrected chi connectivity index (χ3v) is 3.38. The summed E-state index contributed by atoms with van der Waals surface area (Å²) in [6.07, 6.45) is 1.29. The zero-order chi connectivity index (χ0) is 18.2. The van der Waals surface area contributed by atoms with Gasteiger partial charge < -0.3 is 15.7 Å². The summed E-state index contributed by atoms with van der Waals surface area (Å²) in [4.78, 5) is 23.5. The van der Waals surface area contributed by atoms with E-state index in [1.165, 1.54) is 6.08 Å². The molecular formula is C19H17N3O3. The van der Waals surface area contributed by atoms with Gasteiger partial charge in [-0.3, -0.25) is 4.79 Å². The summed E-state index contributed by atoms with van der Waals surface area (Å²) in [5.41, 5.74) is 2.06. The molecule has 2 rings (SSSR count). The van der Waals surface area contributed by atoms with E-state index in [0.717, 1.165) is 0 Å². The van der Waals surface area contributed by atoms with E-state index in [4.69, 9.17) is 5.26 Å². The Kier molecular flexibility index (Phi) is 5.91. The lowest BCUT2D eigenvalue weighted by Crippen LogP contribution is -2.27. The summed E-state index contributed by atoms with van der Waals surface area (Å²) < 4.78 is 0. The van der Waals surface area contributed by atoms with Crippen molar-refractivity contribution in [2.24, 2.45) is 0 Å². The van der Waals surface area contributed by atoms with Crippen LogP contribution in [0, 0.1) is 11.3 Å². The molecule has 0 spiro atoms. The molecule has 1 atom stereocenters. The lowest BCUT2D eigenvalue weighted by molar-refractivity contribution is -0.139. The van der Waals surface area contributed by atoms with Gasteiger partial charge in [0, 0.05) is 17.5 Å². The minimum absolute atomic E-state index is 0.396. The number of nitriles is 1. The Bertz CT molecular complexity index is 821. The van der Waals surface area contributed by atoms with Gasteiger partial charge in [-0.1, -0.05) is 30.3 Å². The minimum atomic E-state index is -1.04. The maximum absolute atomic E-state index is 12.0. The summed E-state index contributed by atoms with van der Waals surface area (Å²) in [5, 5.41) is 23.6. The molecule has 0 aliphatic carbocycles. The summed E-state index contributed by atoms with van der Waals surface area (Å²) >= 11 is 0. The first-order valence-electron chi connectivity index (χ1n) is 7.53. The van der Waals surface area contributed by atoms with Crippen LogP contribution in [0.15, 0.2) is 66.4 Å². The number of carbonyl (C=O) groups excluding carboxylic acids is 1. The Hall–Kier alpha value is -3.59. The molecule has 0 aliphatic rings. The van der Waals surface area contributed by atoms with Crippen molar-refractivity contribution in [3.63, 3.8) is 0 Å². The predicted octanol–water partition coefficient (Wildman–Crippen LogP) is 2.82. The Morgan fingerprint density at radius 1 is 1.12 bits per heavy atom. The van der Waals surface area contributed by atoms with Crippen LogP contribution in [0.3, 0.4) is 0 Å². The predicted molar refractivity (Wildman–Crippen MR) is 93.5 cm³/mol. The Morgan fingerprint density at radius 2 is 1.76 bits per heavy atom. The number of hydrogen-bond donors (Lipinski definition) is 3. The molecule has 0 aliphatic heterocycles. The number of nitrogens with one attached hydrogen (secondary N) is 2. The van der Waals surface area contributed by atoms with E-state index in [1.807, 2.05) is 6.07 Å². The smallest absolute Gasteiger partial charge is 0.330 e. The fourth-order valence-electron chi connectivity index (χ4n) is 2.21. The maximum atomic E-state index is 12.0. The van der Waals surface area contributed by atoms with Crippen LogP contribution in [0.25, 0.3) is 0 Å². The van der Waals surface area contributed by atoms with Crippen LogP contribution in [0.1, 0.15) is 24.1 Å². The van der Waals surface area contributed by atoms with Crippen LogP contribution in [0.4, 0.5) is 5.69 Å². The number of benzene rings is 2. The molecule has 6 nitrogen and oxygen atoms in total. The molecule has 0 fully saturated rings. The number of aliphatic carboxylic acids is 1. The molecule has 1 unspecified atom stereocenters. The van der Waals surface area contributed by atoms with E-state index in [-0.39, 0.29) is 0 Å². The molecule has 2 aromatic rings. The van der Waals surface area contributed by atoms with Crippen LogP contribution in [0.2, 0.25) is 0 Å². The SMILES string of the molecule is C/C(=C\C(=O)Nc1ccc(C#N)cc1)NC(C(=O)O)c1ccccc1. The van der Waals surface area contributed by atoms with Crippen molar-refractivity contribution in [3.05, 3.63) is 77.5 Å². The summed E-state index contributed by atoms with van der Waals surface area (Å²) in [6, 6.07) is 16.2. The minimum Gasteiger partial charge on any atom is -0.479 e. The van der Waals surface area contributed by atoms with Gasteiger partial charge in [0.2, 0.25) is 5.91 Å². The van der Waals surface area contributed by atoms with Crippen molar-refractivity contribution in [2.45, 2.75) is 13.0 Å². The van der Waals surface area contributed by atoms with Gasteiger partial charge in [-0.25, -0.2) is 4.79 Å². The standard InChI is InChI=1S/C19H17N3O3/c1-13(21-18(19(24)25)15-5-3-2-4-6-15)11-17(23)22-16-9-7-14(12-20)8-10-16/h2-11,18,21H,1H3,(H,22,23)(H,24,25)/b13-11+. The van der Waals surface area contributed by atoms with Crippen molar-refractivity contribution in [1.29, 1.82) is 5.26 Å². The first-order chi connectivity index (χ1) is 12.0. The van der Waals surface area contributed by atoms with E-state index in [2.05, 4.69) is 10.6 Å². The molecule has 0 saturated heterocycles. The molecule has 0 heterocycles. The number of anilines is 1. The molecule has 0 aromatic heterocycles. The summed E-state index contributed by atoms with van der Waals surface area (Å²) in [6.45, 7) is 1.62. The number of allylic oxidation sites excluding steroid dienone is 1. The normalized spacial score (nSPS) is 11.9. The summed E-state index contributed by atoms with van der Waals surface area (Å²) in [7, 11) is 0. The average molecular weight is 335 g/mol. The van der Waals surface area contributed by atoms with Crippen molar-refractivity contribution < 1.29 is 14.7 Å². The van der Waals surface area contributed by atoms with Gasteiger partial charge in [0.25, 0.3) is 0 Å². The average Bonchev–Trinajstić information content (AvgIpc) is 2.60. The van der Waals surface area contributed by atoms with Crippen LogP contribution in [0.5, 0.6) is 0 Å². The molecule has 1 amide bonds. The topological polar surface area (TPSA) is 102 Å². The largest absolute Gasteiger partial charge is 0.479 e.